The highest BCUT2D eigenvalue weighted by atomic mass is 16.5. The van der Waals surface area contributed by atoms with E-state index in [0.29, 0.717) is 17.0 Å². The lowest BCUT2D eigenvalue weighted by atomic mass is 10.5. The zero-order valence-corrected chi connectivity index (χ0v) is 7.52. The van der Waals surface area contributed by atoms with Crippen molar-refractivity contribution in [1.82, 2.24) is 19.9 Å². The molecule has 0 unspecified atom stereocenters. The summed E-state index contributed by atoms with van der Waals surface area (Å²) in [7, 11) is 0. The zero-order chi connectivity index (χ0) is 9.97. The van der Waals surface area contributed by atoms with Crippen LogP contribution >= 0.6 is 0 Å². The minimum Gasteiger partial charge on any atom is -0.468 e. The Morgan fingerprint density at radius 3 is 3.14 bits per heavy atom. The predicted octanol–water partition coefficient (Wildman–Crippen LogP) is 0.321. The quantitative estimate of drug-likeness (QED) is 0.757. The van der Waals surface area contributed by atoms with E-state index in [1.807, 2.05) is 0 Å². The van der Waals surface area contributed by atoms with E-state index in [0.717, 1.165) is 0 Å². The fourth-order valence-electron chi connectivity index (χ4n) is 1.02. The van der Waals surface area contributed by atoms with Crippen LogP contribution < -0.4 is 4.74 Å². The SMILES string of the molecule is CC(=O)COc1ncnc2nc[nH]c12. The monoisotopic (exact) mass is 192 g/mol. The zero-order valence-electron chi connectivity index (χ0n) is 7.52. The summed E-state index contributed by atoms with van der Waals surface area (Å²) in [4.78, 5) is 25.3. The van der Waals surface area contributed by atoms with Crippen molar-refractivity contribution in [2.45, 2.75) is 6.92 Å². The van der Waals surface area contributed by atoms with Gasteiger partial charge in [0.2, 0.25) is 5.88 Å². The van der Waals surface area contributed by atoms with Crippen molar-refractivity contribution in [3.63, 3.8) is 0 Å². The predicted molar refractivity (Wildman–Crippen MR) is 47.9 cm³/mol. The molecule has 72 valence electrons. The average Bonchev–Trinajstić information content (AvgIpc) is 2.62. The third-order valence-corrected chi connectivity index (χ3v) is 1.60. The van der Waals surface area contributed by atoms with Crippen LogP contribution in [0.25, 0.3) is 11.2 Å². The molecule has 0 saturated carbocycles. The highest BCUT2D eigenvalue weighted by Crippen LogP contribution is 2.16. The summed E-state index contributed by atoms with van der Waals surface area (Å²) in [5.41, 5.74) is 1.13. The molecule has 14 heavy (non-hydrogen) atoms. The topological polar surface area (TPSA) is 80.8 Å². The minimum atomic E-state index is -0.0590. The van der Waals surface area contributed by atoms with Gasteiger partial charge in [0.15, 0.2) is 11.4 Å². The molecule has 0 aliphatic rings. The second-order valence-electron chi connectivity index (χ2n) is 2.77. The van der Waals surface area contributed by atoms with Crippen molar-refractivity contribution in [1.29, 1.82) is 0 Å². The van der Waals surface area contributed by atoms with Crippen LogP contribution in [0.2, 0.25) is 0 Å². The van der Waals surface area contributed by atoms with Gasteiger partial charge in [0.05, 0.1) is 6.33 Å². The molecule has 0 bridgehead atoms. The molecule has 0 amide bonds. The highest BCUT2D eigenvalue weighted by molar-refractivity contribution is 5.78. The Kier molecular flexibility index (Phi) is 2.10. The molecule has 0 aliphatic heterocycles. The summed E-state index contributed by atoms with van der Waals surface area (Å²) >= 11 is 0. The molecular weight excluding hydrogens is 184 g/mol. The van der Waals surface area contributed by atoms with Crippen LogP contribution in [0.3, 0.4) is 0 Å². The number of ketones is 1. The first-order valence-corrected chi connectivity index (χ1v) is 4.03. The maximum Gasteiger partial charge on any atom is 0.243 e. The molecule has 0 atom stereocenters. The smallest absolute Gasteiger partial charge is 0.243 e. The van der Waals surface area contributed by atoms with E-state index in [-0.39, 0.29) is 12.4 Å². The van der Waals surface area contributed by atoms with Gasteiger partial charge in [-0.25, -0.2) is 9.97 Å². The largest absolute Gasteiger partial charge is 0.468 e. The van der Waals surface area contributed by atoms with Crippen LogP contribution in [-0.2, 0) is 4.79 Å². The number of fused-ring (bicyclic) bond motifs is 1. The first-order valence-electron chi connectivity index (χ1n) is 4.03. The number of Topliss-reactive ketones (excluding diaryl/α,β-unsaturated/α-hetero) is 1. The summed E-state index contributed by atoms with van der Waals surface area (Å²) < 4.78 is 5.17. The second-order valence-corrected chi connectivity index (χ2v) is 2.77. The third kappa shape index (κ3) is 1.54. The van der Waals surface area contributed by atoms with E-state index in [2.05, 4.69) is 19.9 Å². The van der Waals surface area contributed by atoms with Crippen molar-refractivity contribution in [2.24, 2.45) is 0 Å². The normalized spacial score (nSPS) is 10.4. The molecular formula is C8H8N4O2. The number of imidazole rings is 1. The highest BCUT2D eigenvalue weighted by Gasteiger charge is 2.06. The Bertz CT molecular complexity index is 465. The Hall–Kier alpha value is -1.98. The van der Waals surface area contributed by atoms with E-state index >= 15 is 0 Å². The summed E-state index contributed by atoms with van der Waals surface area (Å²) in [5.74, 6) is 0.291. The standard InChI is InChI=1S/C8H8N4O2/c1-5(13)2-14-8-6-7(10-3-9-6)11-4-12-8/h3-4H,2H2,1H3,(H,9,10,11,12). The molecule has 6 nitrogen and oxygen atoms in total. The van der Waals surface area contributed by atoms with Gasteiger partial charge in [0, 0.05) is 0 Å². The van der Waals surface area contributed by atoms with Gasteiger partial charge in [0.1, 0.15) is 18.5 Å². The lowest BCUT2D eigenvalue weighted by Crippen LogP contribution is -2.08. The minimum absolute atomic E-state index is 0.00509. The molecule has 0 radical (unpaired) electrons. The van der Waals surface area contributed by atoms with Crippen LogP contribution in [0.4, 0.5) is 0 Å². The Labute approximate surface area is 79.4 Å². The number of hydrogen-bond acceptors (Lipinski definition) is 5. The van der Waals surface area contributed by atoms with Gasteiger partial charge in [-0.2, -0.15) is 4.98 Å². The second kappa shape index (κ2) is 3.41. The van der Waals surface area contributed by atoms with Crippen LogP contribution in [0.5, 0.6) is 5.88 Å². The van der Waals surface area contributed by atoms with Gasteiger partial charge in [0.25, 0.3) is 0 Å². The van der Waals surface area contributed by atoms with Crippen LogP contribution in [0.15, 0.2) is 12.7 Å². The Morgan fingerprint density at radius 1 is 1.50 bits per heavy atom. The lowest BCUT2D eigenvalue weighted by molar-refractivity contribution is -0.118. The van der Waals surface area contributed by atoms with Crippen LogP contribution in [0.1, 0.15) is 6.92 Å². The van der Waals surface area contributed by atoms with Gasteiger partial charge in [-0.05, 0) is 6.92 Å². The first kappa shape index (κ1) is 8.61. The fourth-order valence-corrected chi connectivity index (χ4v) is 1.02. The van der Waals surface area contributed by atoms with Crippen molar-refractivity contribution >= 4 is 16.9 Å². The molecule has 0 aromatic carbocycles. The van der Waals surface area contributed by atoms with Crippen molar-refractivity contribution < 1.29 is 9.53 Å². The number of ether oxygens (including phenoxy) is 1. The van der Waals surface area contributed by atoms with Gasteiger partial charge >= 0.3 is 0 Å². The lowest BCUT2D eigenvalue weighted by Gasteiger charge is -2.01. The van der Waals surface area contributed by atoms with E-state index in [4.69, 9.17) is 4.74 Å². The first-order chi connectivity index (χ1) is 6.77. The maximum atomic E-state index is 10.7. The summed E-state index contributed by atoms with van der Waals surface area (Å²) in [6, 6.07) is 0. The van der Waals surface area contributed by atoms with E-state index in [1.54, 1.807) is 0 Å². The molecule has 2 aromatic heterocycles. The van der Waals surface area contributed by atoms with Gasteiger partial charge in [-0.3, -0.25) is 4.79 Å². The summed E-state index contributed by atoms with van der Waals surface area (Å²) in [6.07, 6.45) is 2.85. The van der Waals surface area contributed by atoms with Gasteiger partial charge in [-0.1, -0.05) is 0 Å². The Balaban J connectivity index is 2.32. The number of hydrogen-bond donors (Lipinski definition) is 1. The Morgan fingerprint density at radius 2 is 2.36 bits per heavy atom. The number of carbonyl (C=O) groups excluding carboxylic acids is 1. The van der Waals surface area contributed by atoms with E-state index in [1.165, 1.54) is 19.6 Å². The number of carbonyl (C=O) groups is 1. The average molecular weight is 192 g/mol. The maximum absolute atomic E-state index is 10.7. The third-order valence-electron chi connectivity index (χ3n) is 1.60. The molecule has 1 N–H and O–H groups in total. The van der Waals surface area contributed by atoms with Crippen LogP contribution in [-0.4, -0.2) is 32.3 Å². The number of aromatic nitrogens is 4. The molecule has 2 rings (SSSR count). The summed E-state index contributed by atoms with van der Waals surface area (Å²) in [6.45, 7) is 1.45. The number of nitrogens with one attached hydrogen (secondary N) is 1. The number of nitrogens with zero attached hydrogens (tertiary/aromatic N) is 3. The molecule has 0 saturated heterocycles. The summed E-state index contributed by atoms with van der Waals surface area (Å²) in [5, 5.41) is 0. The number of rotatable bonds is 3. The molecule has 6 heteroatoms. The molecule has 2 heterocycles. The van der Waals surface area contributed by atoms with Gasteiger partial charge in [-0.15, -0.1) is 0 Å². The molecule has 0 spiro atoms. The number of H-pyrrole nitrogens is 1. The molecule has 2 aromatic rings. The van der Waals surface area contributed by atoms with Crippen molar-refractivity contribution in [2.75, 3.05) is 6.61 Å². The molecule has 0 aliphatic carbocycles. The van der Waals surface area contributed by atoms with Crippen LogP contribution in [0, 0.1) is 0 Å². The van der Waals surface area contributed by atoms with Crippen molar-refractivity contribution in [3.05, 3.63) is 12.7 Å². The fraction of sp³-hybridized carbons (Fsp3) is 0.250. The van der Waals surface area contributed by atoms with E-state index < -0.39 is 0 Å². The molecule has 0 fully saturated rings. The number of aromatic amines is 1. The van der Waals surface area contributed by atoms with Gasteiger partial charge < -0.3 is 9.72 Å². The van der Waals surface area contributed by atoms with E-state index in [9.17, 15) is 4.79 Å². The van der Waals surface area contributed by atoms with Crippen molar-refractivity contribution in [3.8, 4) is 5.88 Å².